The minimum Gasteiger partial charge on any atom is -0.480 e. The molecular formula is C9H12BrN3O3. The van der Waals surface area contributed by atoms with Crippen molar-refractivity contribution in [1.29, 1.82) is 0 Å². The highest BCUT2D eigenvalue weighted by Gasteiger charge is 2.19. The minimum absolute atomic E-state index is 0.202. The average Bonchev–Trinajstić information content (AvgIpc) is 2.29. The van der Waals surface area contributed by atoms with Gasteiger partial charge in [-0.05, 0) is 22.0 Å². The van der Waals surface area contributed by atoms with Gasteiger partial charge in [-0.15, -0.1) is 0 Å². The third-order valence-corrected chi connectivity index (χ3v) is 2.70. The number of nitrogens with zero attached hydrogens (tertiary/aromatic N) is 2. The summed E-state index contributed by atoms with van der Waals surface area (Å²) < 4.78 is 5.42. The molecule has 1 aromatic heterocycles. The van der Waals surface area contributed by atoms with Crippen LogP contribution >= 0.6 is 15.9 Å². The van der Waals surface area contributed by atoms with Gasteiger partial charge in [-0.2, -0.15) is 4.98 Å². The second-order valence-corrected chi connectivity index (χ2v) is 3.70. The van der Waals surface area contributed by atoms with E-state index in [2.05, 4.69) is 20.9 Å². The quantitative estimate of drug-likeness (QED) is 0.842. The van der Waals surface area contributed by atoms with Crippen molar-refractivity contribution >= 4 is 27.7 Å². The molecule has 1 heterocycles. The van der Waals surface area contributed by atoms with Crippen LogP contribution in [0.5, 0.6) is 5.88 Å². The van der Waals surface area contributed by atoms with Gasteiger partial charge in [0.25, 0.3) is 5.91 Å². The number of rotatable bonds is 3. The Bertz CT molecular complexity index is 411. The molecule has 0 saturated heterocycles. The zero-order valence-corrected chi connectivity index (χ0v) is 10.7. The van der Waals surface area contributed by atoms with Gasteiger partial charge in [0.15, 0.2) is 0 Å². The predicted molar refractivity (Wildman–Crippen MR) is 62.0 cm³/mol. The van der Waals surface area contributed by atoms with Crippen molar-refractivity contribution in [1.82, 2.24) is 10.0 Å². The van der Waals surface area contributed by atoms with Crippen LogP contribution in [0.4, 0.5) is 5.82 Å². The van der Waals surface area contributed by atoms with Crippen molar-refractivity contribution in [3.63, 3.8) is 0 Å². The number of anilines is 1. The molecule has 1 aromatic rings. The molecule has 1 amide bonds. The van der Waals surface area contributed by atoms with Gasteiger partial charge >= 0.3 is 0 Å². The van der Waals surface area contributed by atoms with Gasteiger partial charge in [0.1, 0.15) is 5.82 Å². The molecule has 0 radical (unpaired) electrons. The Kier molecular flexibility index (Phi) is 4.08. The van der Waals surface area contributed by atoms with E-state index in [9.17, 15) is 4.79 Å². The van der Waals surface area contributed by atoms with Crippen molar-refractivity contribution in [3.05, 3.63) is 16.1 Å². The van der Waals surface area contributed by atoms with Crippen LogP contribution in [0.3, 0.4) is 0 Å². The number of nitrogen functional groups attached to an aromatic ring is 1. The molecular weight excluding hydrogens is 278 g/mol. The Hall–Kier alpha value is -1.34. The molecule has 88 valence electrons. The number of carbonyl (C=O) groups excluding carboxylic acids is 1. The number of pyridine rings is 1. The molecule has 16 heavy (non-hydrogen) atoms. The Labute approximate surface area is 101 Å². The van der Waals surface area contributed by atoms with E-state index in [1.807, 2.05) is 0 Å². The molecule has 0 bridgehead atoms. The summed E-state index contributed by atoms with van der Waals surface area (Å²) >= 11 is 3.23. The second kappa shape index (κ2) is 5.13. The first kappa shape index (κ1) is 12.7. The molecule has 0 spiro atoms. The number of aromatic nitrogens is 1. The smallest absolute Gasteiger partial charge is 0.278 e. The van der Waals surface area contributed by atoms with Gasteiger partial charge < -0.3 is 10.5 Å². The van der Waals surface area contributed by atoms with Gasteiger partial charge in [0.05, 0.1) is 24.3 Å². The first-order chi connectivity index (χ1) is 7.51. The summed E-state index contributed by atoms with van der Waals surface area (Å²) in [7, 11) is 4.34. The number of methoxy groups -OCH3 is 1. The monoisotopic (exact) mass is 289 g/mol. The number of hydroxylamine groups is 2. The van der Waals surface area contributed by atoms with Crippen molar-refractivity contribution in [2.75, 3.05) is 27.0 Å². The lowest BCUT2D eigenvalue weighted by Gasteiger charge is -2.15. The lowest BCUT2D eigenvalue weighted by atomic mass is 10.2. The summed E-state index contributed by atoms with van der Waals surface area (Å²) in [5, 5.41) is 1.08. The Morgan fingerprint density at radius 2 is 2.19 bits per heavy atom. The molecule has 0 aliphatic carbocycles. The van der Waals surface area contributed by atoms with Crippen LogP contribution in [0.1, 0.15) is 10.4 Å². The van der Waals surface area contributed by atoms with Gasteiger partial charge in [-0.1, -0.05) is 0 Å². The number of amides is 1. The molecule has 2 N–H and O–H groups in total. The SMILES string of the molecule is COc1nc(N)cc(C(=O)N(C)OC)c1Br. The molecule has 0 saturated carbocycles. The maximum absolute atomic E-state index is 11.8. The summed E-state index contributed by atoms with van der Waals surface area (Å²) in [6.45, 7) is 0. The molecule has 0 aromatic carbocycles. The molecule has 0 atom stereocenters. The molecule has 7 heteroatoms. The summed E-state index contributed by atoms with van der Waals surface area (Å²) in [4.78, 5) is 20.6. The molecule has 0 unspecified atom stereocenters. The van der Waals surface area contributed by atoms with Crippen LogP contribution < -0.4 is 10.5 Å². The van der Waals surface area contributed by atoms with Crippen LogP contribution in [0.2, 0.25) is 0 Å². The standard InChI is InChI=1S/C9H12BrN3O3/c1-13(16-3)9(14)5-4-6(11)12-8(15-2)7(5)10/h4H,1-3H3,(H2,11,12). The van der Waals surface area contributed by atoms with E-state index in [1.165, 1.54) is 27.3 Å². The average molecular weight is 290 g/mol. The van der Waals surface area contributed by atoms with Crippen molar-refractivity contribution in [2.24, 2.45) is 0 Å². The fourth-order valence-electron chi connectivity index (χ4n) is 1.07. The Morgan fingerprint density at radius 1 is 1.56 bits per heavy atom. The maximum atomic E-state index is 11.8. The zero-order chi connectivity index (χ0) is 12.3. The van der Waals surface area contributed by atoms with E-state index >= 15 is 0 Å². The normalized spacial score (nSPS) is 10.0. The molecule has 0 aliphatic rings. The lowest BCUT2D eigenvalue weighted by molar-refractivity contribution is -0.0757. The number of carbonyl (C=O) groups is 1. The highest BCUT2D eigenvalue weighted by atomic mass is 79.9. The zero-order valence-electron chi connectivity index (χ0n) is 9.15. The fourth-order valence-corrected chi connectivity index (χ4v) is 1.60. The van der Waals surface area contributed by atoms with E-state index in [-0.39, 0.29) is 17.6 Å². The van der Waals surface area contributed by atoms with Crippen molar-refractivity contribution in [3.8, 4) is 5.88 Å². The number of halogens is 1. The molecule has 0 aliphatic heterocycles. The third kappa shape index (κ3) is 2.42. The maximum Gasteiger partial charge on any atom is 0.278 e. The second-order valence-electron chi connectivity index (χ2n) is 2.90. The Balaban J connectivity index is 3.23. The van der Waals surface area contributed by atoms with E-state index < -0.39 is 0 Å². The van der Waals surface area contributed by atoms with Crippen molar-refractivity contribution < 1.29 is 14.4 Å². The first-order valence-corrected chi connectivity index (χ1v) is 5.12. The van der Waals surface area contributed by atoms with Crippen molar-refractivity contribution in [2.45, 2.75) is 0 Å². The topological polar surface area (TPSA) is 77.7 Å². The largest absolute Gasteiger partial charge is 0.480 e. The lowest BCUT2D eigenvalue weighted by Crippen LogP contribution is -2.26. The van der Waals surface area contributed by atoms with Crippen LogP contribution in [0.15, 0.2) is 10.5 Å². The fraction of sp³-hybridized carbons (Fsp3) is 0.333. The summed E-state index contributed by atoms with van der Waals surface area (Å²) in [6, 6.07) is 1.45. The van der Waals surface area contributed by atoms with Gasteiger partial charge in [-0.25, -0.2) is 5.06 Å². The van der Waals surface area contributed by atoms with Crippen LogP contribution in [0, 0.1) is 0 Å². The third-order valence-electron chi connectivity index (χ3n) is 1.93. The first-order valence-electron chi connectivity index (χ1n) is 4.33. The molecule has 1 rings (SSSR count). The van der Waals surface area contributed by atoms with Gasteiger partial charge in [-0.3, -0.25) is 9.63 Å². The van der Waals surface area contributed by atoms with E-state index in [0.717, 1.165) is 5.06 Å². The van der Waals surface area contributed by atoms with Gasteiger partial charge in [0.2, 0.25) is 5.88 Å². The summed E-state index contributed by atoms with van der Waals surface area (Å²) in [5.41, 5.74) is 5.89. The number of ether oxygens (including phenoxy) is 1. The number of nitrogens with two attached hydrogens (primary N) is 1. The Morgan fingerprint density at radius 3 is 2.69 bits per heavy atom. The van der Waals surface area contributed by atoms with Gasteiger partial charge in [0, 0.05) is 7.05 Å². The highest BCUT2D eigenvalue weighted by molar-refractivity contribution is 9.10. The number of hydrogen-bond donors (Lipinski definition) is 1. The molecule has 0 fully saturated rings. The predicted octanol–water partition coefficient (Wildman–Crippen LogP) is 1.07. The van der Waals surface area contributed by atoms with E-state index in [0.29, 0.717) is 10.0 Å². The minimum atomic E-state index is -0.346. The van der Waals surface area contributed by atoms with E-state index in [1.54, 1.807) is 0 Å². The van der Waals surface area contributed by atoms with E-state index in [4.69, 9.17) is 15.3 Å². The van der Waals surface area contributed by atoms with Crippen LogP contribution in [0.25, 0.3) is 0 Å². The highest BCUT2D eigenvalue weighted by Crippen LogP contribution is 2.28. The summed E-state index contributed by atoms with van der Waals surface area (Å²) in [5.74, 6) is 0.113. The van der Waals surface area contributed by atoms with Crippen LogP contribution in [-0.4, -0.2) is 37.2 Å². The molecule has 6 nitrogen and oxygen atoms in total. The van der Waals surface area contributed by atoms with Crippen LogP contribution in [-0.2, 0) is 4.84 Å². The summed E-state index contributed by atoms with van der Waals surface area (Å²) in [6.07, 6.45) is 0. The number of hydrogen-bond acceptors (Lipinski definition) is 5.